The first-order chi connectivity index (χ1) is 10.2. The fourth-order valence-electron chi connectivity index (χ4n) is 2.05. The summed E-state index contributed by atoms with van der Waals surface area (Å²) in [6.45, 7) is 1.74. The number of nitro benzene ring substituents is 1. The smallest absolute Gasteiger partial charge is 0.258 e. The van der Waals surface area contributed by atoms with Crippen molar-refractivity contribution in [1.29, 1.82) is 0 Å². The van der Waals surface area contributed by atoms with Crippen LogP contribution in [0.1, 0.15) is 5.82 Å². The fraction of sp³-hybridized carbons (Fsp3) is 0.0714. The van der Waals surface area contributed by atoms with Gasteiger partial charge in [-0.2, -0.15) is 0 Å². The number of aromatic nitrogens is 4. The number of hydrogen-bond acceptors (Lipinski definition) is 4. The van der Waals surface area contributed by atoms with Gasteiger partial charge in [-0.1, -0.05) is 30.3 Å². The lowest BCUT2D eigenvalue weighted by atomic mass is 10.3. The lowest BCUT2D eigenvalue weighted by Crippen LogP contribution is -2.43. The second-order valence-corrected chi connectivity index (χ2v) is 4.41. The first-order valence-corrected chi connectivity index (χ1v) is 6.32. The highest BCUT2D eigenvalue weighted by Crippen LogP contribution is 2.17. The monoisotopic (exact) mass is 282 g/mol. The van der Waals surface area contributed by atoms with Gasteiger partial charge in [-0.05, 0) is 28.1 Å². The lowest BCUT2D eigenvalue weighted by molar-refractivity contribution is -0.737. The average Bonchev–Trinajstić information content (AvgIpc) is 2.90. The molecule has 0 amide bonds. The molecule has 7 heteroatoms. The Hall–Kier alpha value is -3.09. The zero-order valence-corrected chi connectivity index (χ0v) is 11.2. The van der Waals surface area contributed by atoms with Crippen molar-refractivity contribution in [2.45, 2.75) is 6.92 Å². The van der Waals surface area contributed by atoms with E-state index in [0.29, 0.717) is 11.5 Å². The van der Waals surface area contributed by atoms with Gasteiger partial charge in [0.1, 0.15) is 5.69 Å². The van der Waals surface area contributed by atoms with Crippen molar-refractivity contribution in [3.8, 4) is 11.4 Å². The van der Waals surface area contributed by atoms with Gasteiger partial charge < -0.3 is 0 Å². The van der Waals surface area contributed by atoms with Crippen molar-refractivity contribution >= 4 is 5.69 Å². The number of hydrogen-bond donors (Lipinski definition) is 0. The summed E-state index contributed by atoms with van der Waals surface area (Å²) >= 11 is 0. The molecule has 1 heterocycles. The molecule has 3 aromatic rings. The van der Waals surface area contributed by atoms with Crippen LogP contribution in [-0.4, -0.2) is 19.9 Å². The Labute approximate surface area is 120 Å². The van der Waals surface area contributed by atoms with Crippen LogP contribution < -0.4 is 4.80 Å². The summed E-state index contributed by atoms with van der Waals surface area (Å²) in [5.41, 5.74) is 1.12. The molecule has 2 aromatic carbocycles. The molecule has 3 rings (SSSR count). The molecule has 0 aliphatic carbocycles. The van der Waals surface area contributed by atoms with E-state index in [-0.39, 0.29) is 5.69 Å². The van der Waals surface area contributed by atoms with Gasteiger partial charge in [-0.3, -0.25) is 10.1 Å². The molecule has 0 saturated carbocycles. The van der Waals surface area contributed by atoms with Gasteiger partial charge in [0.25, 0.3) is 5.69 Å². The predicted molar refractivity (Wildman–Crippen MR) is 74.3 cm³/mol. The predicted octanol–water partition coefficient (Wildman–Crippen LogP) is 1.76. The maximum absolute atomic E-state index is 11.2. The van der Waals surface area contributed by atoms with E-state index >= 15 is 0 Å². The second-order valence-electron chi connectivity index (χ2n) is 4.41. The van der Waals surface area contributed by atoms with Gasteiger partial charge in [0.2, 0.25) is 0 Å². The molecule has 104 valence electrons. The Morgan fingerprint density at radius 2 is 1.76 bits per heavy atom. The zero-order chi connectivity index (χ0) is 14.8. The van der Waals surface area contributed by atoms with Crippen LogP contribution in [0, 0.1) is 17.0 Å². The minimum absolute atomic E-state index is 0.0212. The first-order valence-electron chi connectivity index (χ1n) is 6.32. The Kier molecular flexibility index (Phi) is 3.15. The van der Waals surface area contributed by atoms with E-state index in [1.165, 1.54) is 15.7 Å². The lowest BCUT2D eigenvalue weighted by Gasteiger charge is -2.00. The molecule has 0 radical (unpaired) electrons. The van der Waals surface area contributed by atoms with Crippen LogP contribution in [0.15, 0.2) is 54.6 Å². The fourth-order valence-corrected chi connectivity index (χ4v) is 2.05. The summed E-state index contributed by atoms with van der Waals surface area (Å²) in [7, 11) is 0. The standard InChI is InChI=1S/C14H12N5O2/c1-11-15-17(12-7-3-2-4-8-12)18(16-11)13-9-5-6-10-14(13)19(20)21/h2-10H,1H3/q+1. The number of tetrazole rings is 1. The topological polar surface area (TPSA) is 77.7 Å². The Morgan fingerprint density at radius 1 is 1.10 bits per heavy atom. The highest BCUT2D eigenvalue weighted by Gasteiger charge is 2.26. The highest BCUT2D eigenvalue weighted by molar-refractivity contribution is 5.45. The van der Waals surface area contributed by atoms with Crippen LogP contribution in [-0.2, 0) is 0 Å². The number of nitro groups is 1. The van der Waals surface area contributed by atoms with Crippen LogP contribution in [0.3, 0.4) is 0 Å². The Morgan fingerprint density at radius 3 is 2.48 bits per heavy atom. The minimum Gasteiger partial charge on any atom is -0.258 e. The van der Waals surface area contributed by atoms with Crippen LogP contribution in [0.25, 0.3) is 11.4 Å². The molecule has 0 spiro atoms. The average molecular weight is 282 g/mol. The van der Waals surface area contributed by atoms with E-state index in [1.54, 1.807) is 25.1 Å². The van der Waals surface area contributed by atoms with Crippen LogP contribution in [0.2, 0.25) is 0 Å². The molecule has 0 aliphatic heterocycles. The highest BCUT2D eigenvalue weighted by atomic mass is 16.6. The van der Waals surface area contributed by atoms with E-state index in [1.807, 2.05) is 30.3 Å². The van der Waals surface area contributed by atoms with Crippen molar-refractivity contribution in [3.63, 3.8) is 0 Å². The van der Waals surface area contributed by atoms with E-state index < -0.39 is 4.92 Å². The number of nitrogens with zero attached hydrogens (tertiary/aromatic N) is 5. The summed E-state index contributed by atoms with van der Waals surface area (Å²) in [5, 5.41) is 19.8. The quantitative estimate of drug-likeness (QED) is 0.416. The Bertz CT molecular complexity index is 798. The second kappa shape index (κ2) is 5.12. The maximum Gasteiger partial charge on any atom is 0.320 e. The molecule has 0 unspecified atom stereocenters. The molecule has 0 N–H and O–H groups in total. The van der Waals surface area contributed by atoms with Crippen molar-refractivity contribution in [2.75, 3.05) is 0 Å². The number of aryl methyl sites for hydroxylation is 1. The van der Waals surface area contributed by atoms with Gasteiger partial charge in [-0.25, -0.2) is 0 Å². The molecule has 0 aliphatic rings. The van der Waals surface area contributed by atoms with E-state index in [2.05, 4.69) is 10.2 Å². The SMILES string of the molecule is Cc1nn(-c2ccccc2)[n+](-c2ccccc2[N+](=O)[O-])n1. The third-order valence-corrected chi connectivity index (χ3v) is 2.94. The molecule has 21 heavy (non-hydrogen) atoms. The van der Waals surface area contributed by atoms with Crippen molar-refractivity contribution in [2.24, 2.45) is 0 Å². The van der Waals surface area contributed by atoms with E-state index in [0.717, 1.165) is 5.69 Å². The molecule has 0 fully saturated rings. The third kappa shape index (κ3) is 2.36. The van der Waals surface area contributed by atoms with Crippen molar-refractivity contribution < 1.29 is 9.72 Å². The molecule has 7 nitrogen and oxygen atoms in total. The van der Waals surface area contributed by atoms with E-state index in [4.69, 9.17) is 0 Å². The summed E-state index contributed by atoms with van der Waals surface area (Å²) in [6, 6.07) is 15.8. The molecule has 0 atom stereocenters. The number of rotatable bonds is 3. The molecular weight excluding hydrogens is 270 g/mol. The van der Waals surface area contributed by atoms with Crippen molar-refractivity contribution in [3.05, 3.63) is 70.5 Å². The third-order valence-electron chi connectivity index (χ3n) is 2.94. The summed E-state index contributed by atoms with van der Waals surface area (Å²) in [5.74, 6) is 0.525. The van der Waals surface area contributed by atoms with Gasteiger partial charge in [0.15, 0.2) is 0 Å². The van der Waals surface area contributed by atoms with Crippen LogP contribution >= 0.6 is 0 Å². The van der Waals surface area contributed by atoms with Crippen molar-refractivity contribution in [1.82, 2.24) is 15.0 Å². The van der Waals surface area contributed by atoms with Gasteiger partial charge in [-0.15, -0.1) is 0 Å². The maximum atomic E-state index is 11.2. The van der Waals surface area contributed by atoms with E-state index in [9.17, 15) is 10.1 Å². The summed E-state index contributed by atoms with van der Waals surface area (Å²) in [6.07, 6.45) is 0. The normalized spacial score (nSPS) is 10.5. The molecule has 1 aromatic heterocycles. The molecule has 0 bridgehead atoms. The molecular formula is C14H12N5O2+. The zero-order valence-electron chi connectivity index (χ0n) is 11.2. The minimum atomic E-state index is -0.429. The number of para-hydroxylation sites is 3. The summed E-state index contributed by atoms with van der Waals surface area (Å²) in [4.78, 5) is 13.7. The summed E-state index contributed by atoms with van der Waals surface area (Å²) < 4.78 is 0. The molecule has 0 saturated heterocycles. The van der Waals surface area contributed by atoms with Gasteiger partial charge in [0, 0.05) is 17.8 Å². The Balaban J connectivity index is 2.23. The van der Waals surface area contributed by atoms with Crippen LogP contribution in [0.5, 0.6) is 0 Å². The largest absolute Gasteiger partial charge is 0.320 e. The first kappa shape index (κ1) is 12.9. The number of benzene rings is 2. The van der Waals surface area contributed by atoms with Gasteiger partial charge >= 0.3 is 11.5 Å². The van der Waals surface area contributed by atoms with Crippen LogP contribution in [0.4, 0.5) is 5.69 Å². The van der Waals surface area contributed by atoms with Gasteiger partial charge in [0.05, 0.1) is 10.0 Å².